The number of carbonyl (C=O) groups is 3. The normalized spacial score (nSPS) is 12.1. The van der Waals surface area contributed by atoms with Gasteiger partial charge in [-0.25, -0.2) is 0 Å². The molecule has 0 aliphatic heterocycles. The summed E-state index contributed by atoms with van der Waals surface area (Å²) in [5.41, 5.74) is 1.25. The molecule has 0 fully saturated rings. The SMILES string of the molecule is Cc1cc(C)c(OC(C)C)c(/C=C/C(=O)c2ccc(OC(=O)C(C)(C)C)cc2)c1OC(=O)C(C)(C)C. The smallest absolute Gasteiger partial charge is 0.316 e. The van der Waals surface area contributed by atoms with Crippen molar-refractivity contribution in [2.75, 3.05) is 0 Å². The van der Waals surface area contributed by atoms with Crippen molar-refractivity contribution >= 4 is 23.8 Å². The number of ketones is 1. The predicted molar refractivity (Wildman–Crippen MR) is 142 cm³/mol. The van der Waals surface area contributed by atoms with E-state index < -0.39 is 10.8 Å². The molecule has 0 unspecified atom stereocenters. The number of hydrogen-bond donors (Lipinski definition) is 0. The highest BCUT2D eigenvalue weighted by Gasteiger charge is 2.27. The molecule has 0 radical (unpaired) electrons. The van der Waals surface area contributed by atoms with Gasteiger partial charge in [-0.05, 0) is 123 Å². The van der Waals surface area contributed by atoms with Crippen molar-refractivity contribution in [3.05, 3.63) is 58.7 Å². The van der Waals surface area contributed by atoms with Gasteiger partial charge in [0.1, 0.15) is 17.2 Å². The molecule has 0 saturated carbocycles. The third-order valence-corrected chi connectivity index (χ3v) is 5.16. The fourth-order valence-corrected chi connectivity index (χ4v) is 3.11. The number of aryl methyl sites for hydroxylation is 2. The van der Waals surface area contributed by atoms with Gasteiger partial charge in [0, 0.05) is 5.56 Å². The minimum atomic E-state index is -0.703. The first-order valence-corrected chi connectivity index (χ1v) is 12.1. The Hall–Kier alpha value is -3.41. The van der Waals surface area contributed by atoms with Crippen molar-refractivity contribution in [2.24, 2.45) is 10.8 Å². The van der Waals surface area contributed by atoms with E-state index in [1.165, 1.54) is 6.08 Å². The molecule has 0 heterocycles. The minimum absolute atomic E-state index is 0.122. The number of allylic oxidation sites excluding steroid dienone is 1. The highest BCUT2D eigenvalue weighted by molar-refractivity contribution is 6.07. The summed E-state index contributed by atoms with van der Waals surface area (Å²) < 4.78 is 17.2. The number of ether oxygens (including phenoxy) is 3. The average Bonchev–Trinajstić information content (AvgIpc) is 2.75. The monoisotopic (exact) mass is 494 g/mol. The van der Waals surface area contributed by atoms with Gasteiger partial charge in [-0.3, -0.25) is 14.4 Å². The quantitative estimate of drug-likeness (QED) is 0.180. The van der Waals surface area contributed by atoms with Gasteiger partial charge in [0.15, 0.2) is 5.78 Å². The summed E-state index contributed by atoms with van der Waals surface area (Å²) in [6.45, 7) is 18.3. The molecule has 0 spiro atoms. The van der Waals surface area contributed by atoms with Gasteiger partial charge >= 0.3 is 11.9 Å². The van der Waals surface area contributed by atoms with Crippen LogP contribution in [0.15, 0.2) is 36.4 Å². The van der Waals surface area contributed by atoms with E-state index in [0.717, 1.165) is 11.1 Å². The van der Waals surface area contributed by atoms with Gasteiger partial charge in [-0.2, -0.15) is 0 Å². The summed E-state index contributed by atoms with van der Waals surface area (Å²) in [7, 11) is 0. The highest BCUT2D eigenvalue weighted by atomic mass is 16.5. The fraction of sp³-hybridized carbons (Fsp3) is 0.433. The van der Waals surface area contributed by atoms with Gasteiger partial charge in [0.25, 0.3) is 0 Å². The first kappa shape index (κ1) is 28.8. The van der Waals surface area contributed by atoms with Gasteiger partial charge < -0.3 is 14.2 Å². The Balaban J connectivity index is 2.42. The maximum Gasteiger partial charge on any atom is 0.316 e. The van der Waals surface area contributed by atoms with E-state index in [1.54, 1.807) is 71.9 Å². The van der Waals surface area contributed by atoms with E-state index in [9.17, 15) is 14.4 Å². The molecule has 0 saturated heterocycles. The van der Waals surface area contributed by atoms with Crippen molar-refractivity contribution < 1.29 is 28.6 Å². The molecule has 0 bridgehead atoms. The molecular weight excluding hydrogens is 456 g/mol. The number of hydrogen-bond acceptors (Lipinski definition) is 6. The molecule has 36 heavy (non-hydrogen) atoms. The molecule has 0 N–H and O–H groups in total. The Labute approximate surface area is 214 Å². The van der Waals surface area contributed by atoms with E-state index >= 15 is 0 Å². The first-order chi connectivity index (χ1) is 16.5. The zero-order valence-corrected chi connectivity index (χ0v) is 23.1. The van der Waals surface area contributed by atoms with Crippen molar-refractivity contribution in [2.45, 2.75) is 75.3 Å². The van der Waals surface area contributed by atoms with Gasteiger partial charge in [0.05, 0.1) is 22.5 Å². The Morgan fingerprint density at radius 1 is 0.778 bits per heavy atom. The summed E-state index contributed by atoms with van der Waals surface area (Å²) in [6, 6.07) is 8.29. The highest BCUT2D eigenvalue weighted by Crippen LogP contribution is 2.38. The van der Waals surface area contributed by atoms with Crippen molar-refractivity contribution in [1.82, 2.24) is 0 Å². The second kappa shape index (κ2) is 11.1. The predicted octanol–water partition coefficient (Wildman–Crippen LogP) is 6.89. The lowest BCUT2D eigenvalue weighted by Gasteiger charge is -2.22. The zero-order chi connectivity index (χ0) is 27.4. The van der Waals surface area contributed by atoms with Crippen LogP contribution in [-0.2, 0) is 9.59 Å². The van der Waals surface area contributed by atoms with Crippen LogP contribution < -0.4 is 14.2 Å². The number of esters is 2. The Bertz CT molecular complexity index is 1160. The first-order valence-electron chi connectivity index (χ1n) is 12.1. The van der Waals surface area contributed by atoms with Crippen LogP contribution in [0.1, 0.15) is 82.4 Å². The van der Waals surface area contributed by atoms with Crippen LogP contribution >= 0.6 is 0 Å². The molecule has 6 heteroatoms. The molecule has 2 aromatic carbocycles. The number of carbonyl (C=O) groups excluding carboxylic acids is 3. The van der Waals surface area contributed by atoms with Crippen LogP contribution in [0, 0.1) is 24.7 Å². The minimum Gasteiger partial charge on any atom is -0.490 e. The fourth-order valence-electron chi connectivity index (χ4n) is 3.11. The molecule has 0 aliphatic rings. The van der Waals surface area contributed by atoms with Gasteiger partial charge in [-0.1, -0.05) is 0 Å². The lowest BCUT2D eigenvalue weighted by molar-refractivity contribution is -0.143. The third-order valence-electron chi connectivity index (χ3n) is 5.16. The van der Waals surface area contributed by atoms with Crippen molar-refractivity contribution in [1.29, 1.82) is 0 Å². The Kier molecular flexibility index (Phi) is 8.89. The molecule has 2 aromatic rings. The molecule has 0 aromatic heterocycles. The van der Waals surface area contributed by atoms with Crippen LogP contribution in [0.4, 0.5) is 0 Å². The standard InChI is InChI=1S/C30H38O6/c1-18(2)34-25-19(3)17-20(4)26(36-28(33)30(8,9)10)23(25)15-16-24(31)21-11-13-22(14-12-21)35-27(32)29(5,6)7/h11-18H,1-10H3/b16-15+. The maximum absolute atomic E-state index is 13.0. The second-order valence-corrected chi connectivity index (χ2v) is 11.2. The third kappa shape index (κ3) is 7.54. The van der Waals surface area contributed by atoms with Gasteiger partial charge in [-0.15, -0.1) is 0 Å². The lowest BCUT2D eigenvalue weighted by atomic mass is 9.97. The summed E-state index contributed by atoms with van der Waals surface area (Å²) in [4.78, 5) is 37.8. The van der Waals surface area contributed by atoms with E-state index in [2.05, 4.69) is 0 Å². The molecule has 194 valence electrons. The summed E-state index contributed by atoms with van der Waals surface area (Å²) >= 11 is 0. The molecule has 2 rings (SSSR count). The topological polar surface area (TPSA) is 78.9 Å². The van der Waals surface area contributed by atoms with Crippen molar-refractivity contribution in [3.63, 3.8) is 0 Å². The van der Waals surface area contributed by atoms with Crippen LogP contribution in [0.2, 0.25) is 0 Å². The summed E-state index contributed by atoms with van der Waals surface area (Å²) in [5, 5.41) is 0. The van der Waals surface area contributed by atoms with Crippen LogP contribution in [0.5, 0.6) is 17.2 Å². The number of benzene rings is 2. The van der Waals surface area contributed by atoms with E-state index in [-0.39, 0.29) is 23.8 Å². The maximum atomic E-state index is 13.0. The van der Waals surface area contributed by atoms with Crippen LogP contribution in [-0.4, -0.2) is 23.8 Å². The Morgan fingerprint density at radius 3 is 1.78 bits per heavy atom. The van der Waals surface area contributed by atoms with Crippen LogP contribution in [0.25, 0.3) is 6.08 Å². The van der Waals surface area contributed by atoms with E-state index in [0.29, 0.717) is 28.4 Å². The average molecular weight is 495 g/mol. The molecular formula is C30H38O6. The largest absolute Gasteiger partial charge is 0.490 e. The summed E-state index contributed by atoms with van der Waals surface area (Å²) in [6.07, 6.45) is 2.92. The zero-order valence-electron chi connectivity index (χ0n) is 23.1. The molecule has 0 amide bonds. The molecule has 0 aliphatic carbocycles. The molecule has 6 nitrogen and oxygen atoms in total. The van der Waals surface area contributed by atoms with E-state index in [4.69, 9.17) is 14.2 Å². The van der Waals surface area contributed by atoms with Crippen LogP contribution in [0.3, 0.4) is 0 Å². The Morgan fingerprint density at radius 2 is 1.28 bits per heavy atom. The summed E-state index contributed by atoms with van der Waals surface area (Å²) in [5.74, 6) is 0.295. The second-order valence-electron chi connectivity index (χ2n) is 11.2. The van der Waals surface area contributed by atoms with Gasteiger partial charge in [0.2, 0.25) is 0 Å². The van der Waals surface area contributed by atoms with E-state index in [1.807, 2.05) is 33.8 Å². The number of rotatable bonds is 7. The lowest BCUT2D eigenvalue weighted by Crippen LogP contribution is -2.26. The molecule has 0 atom stereocenters. The van der Waals surface area contributed by atoms with Crippen molar-refractivity contribution in [3.8, 4) is 17.2 Å².